The molecule has 4 heteroatoms. The molecule has 0 saturated carbocycles. The third-order valence-electron chi connectivity index (χ3n) is 4.24. The predicted molar refractivity (Wildman–Crippen MR) is 82.1 cm³/mol. The fourth-order valence-electron chi connectivity index (χ4n) is 2.70. The summed E-state index contributed by atoms with van der Waals surface area (Å²) in [7, 11) is 0. The van der Waals surface area contributed by atoms with Crippen LogP contribution in [0.3, 0.4) is 0 Å². The first kappa shape index (κ1) is 14.9. The molecule has 1 aliphatic rings. The zero-order valence-electron chi connectivity index (χ0n) is 12.6. The summed E-state index contributed by atoms with van der Waals surface area (Å²) in [5.41, 5.74) is 9.13. The van der Waals surface area contributed by atoms with Crippen LogP contribution in [-0.2, 0) is 17.9 Å². The zero-order valence-corrected chi connectivity index (χ0v) is 12.6. The maximum absolute atomic E-state index is 12.3. The lowest BCUT2D eigenvalue weighted by Gasteiger charge is -2.25. The summed E-state index contributed by atoms with van der Waals surface area (Å²) in [4.78, 5) is 14.5. The summed E-state index contributed by atoms with van der Waals surface area (Å²) in [5.74, 6) is 0.125. The molecule has 1 amide bonds. The number of amides is 1. The van der Waals surface area contributed by atoms with Crippen LogP contribution in [0.2, 0.25) is 0 Å². The number of rotatable bonds is 5. The molecular weight excluding hydrogens is 250 g/mol. The number of hydrogen-bond acceptors (Lipinski definition) is 3. The second-order valence-electron chi connectivity index (χ2n) is 5.63. The van der Waals surface area contributed by atoms with Gasteiger partial charge in [0.25, 0.3) is 0 Å². The highest BCUT2D eigenvalue weighted by Crippen LogP contribution is 2.26. The van der Waals surface area contributed by atoms with Crippen LogP contribution in [0.5, 0.6) is 0 Å². The van der Waals surface area contributed by atoms with Gasteiger partial charge in [-0.3, -0.25) is 9.69 Å². The van der Waals surface area contributed by atoms with E-state index in [4.69, 9.17) is 5.73 Å². The molecule has 1 heterocycles. The summed E-state index contributed by atoms with van der Waals surface area (Å²) in [5, 5.41) is 3.13. The first-order valence-electron chi connectivity index (χ1n) is 7.46. The lowest BCUT2D eigenvalue weighted by atomic mass is 10.1. The number of hydrogen-bond donors (Lipinski definition) is 2. The van der Waals surface area contributed by atoms with Gasteiger partial charge in [-0.2, -0.15) is 0 Å². The molecule has 1 atom stereocenters. The highest BCUT2D eigenvalue weighted by atomic mass is 16.2. The van der Waals surface area contributed by atoms with Crippen LogP contribution in [0, 0.1) is 0 Å². The van der Waals surface area contributed by atoms with E-state index in [1.807, 2.05) is 19.1 Å². The maximum Gasteiger partial charge on any atom is 0.237 e. The van der Waals surface area contributed by atoms with Crippen molar-refractivity contribution in [2.24, 2.45) is 0 Å². The van der Waals surface area contributed by atoms with E-state index in [-0.39, 0.29) is 18.0 Å². The molecule has 0 fully saturated rings. The van der Waals surface area contributed by atoms with Crippen LogP contribution in [-0.4, -0.2) is 22.9 Å². The molecule has 2 rings (SSSR count). The van der Waals surface area contributed by atoms with E-state index in [0.717, 1.165) is 31.6 Å². The van der Waals surface area contributed by atoms with Gasteiger partial charge in [-0.15, -0.1) is 0 Å². The van der Waals surface area contributed by atoms with Crippen LogP contribution < -0.4 is 11.1 Å². The number of anilines is 1. The number of fused-ring (bicyclic) bond motifs is 1. The Kier molecular flexibility index (Phi) is 4.65. The number of nitrogens with two attached hydrogens (primary N) is 1. The fourth-order valence-corrected chi connectivity index (χ4v) is 2.70. The van der Waals surface area contributed by atoms with Crippen molar-refractivity contribution in [3.8, 4) is 0 Å². The molecule has 0 saturated heterocycles. The molecule has 20 heavy (non-hydrogen) atoms. The summed E-state index contributed by atoms with van der Waals surface area (Å²) >= 11 is 0. The highest BCUT2D eigenvalue weighted by molar-refractivity contribution is 5.81. The lowest BCUT2D eigenvalue weighted by Crippen LogP contribution is -2.46. The Balaban J connectivity index is 1.98. The molecule has 110 valence electrons. The molecule has 0 radical (unpaired) electrons. The van der Waals surface area contributed by atoms with E-state index in [1.165, 1.54) is 11.1 Å². The van der Waals surface area contributed by atoms with Gasteiger partial charge in [0.15, 0.2) is 0 Å². The number of carbonyl (C=O) groups is 1. The van der Waals surface area contributed by atoms with Crippen molar-refractivity contribution >= 4 is 11.6 Å². The number of nitrogens with one attached hydrogen (secondary N) is 1. The predicted octanol–water partition coefficient (Wildman–Crippen LogP) is 2.28. The van der Waals surface area contributed by atoms with Crippen LogP contribution >= 0.6 is 0 Å². The molecule has 1 unspecified atom stereocenters. The molecule has 1 aromatic rings. The van der Waals surface area contributed by atoms with E-state index in [1.54, 1.807) is 0 Å². The smallest absolute Gasteiger partial charge is 0.237 e. The van der Waals surface area contributed by atoms with Crippen molar-refractivity contribution in [1.82, 2.24) is 10.2 Å². The van der Waals surface area contributed by atoms with Crippen LogP contribution in [0.15, 0.2) is 18.2 Å². The van der Waals surface area contributed by atoms with Gasteiger partial charge in [0, 0.05) is 24.8 Å². The monoisotopic (exact) mass is 275 g/mol. The summed E-state index contributed by atoms with van der Waals surface area (Å²) < 4.78 is 0. The number of benzene rings is 1. The van der Waals surface area contributed by atoms with Gasteiger partial charge in [-0.1, -0.05) is 19.9 Å². The minimum atomic E-state index is -0.107. The Morgan fingerprint density at radius 1 is 1.30 bits per heavy atom. The molecule has 0 spiro atoms. The van der Waals surface area contributed by atoms with Crippen molar-refractivity contribution in [3.05, 3.63) is 29.3 Å². The highest BCUT2D eigenvalue weighted by Gasteiger charge is 2.28. The van der Waals surface area contributed by atoms with Gasteiger partial charge < -0.3 is 11.1 Å². The van der Waals surface area contributed by atoms with E-state index < -0.39 is 0 Å². The number of nitrogens with zero attached hydrogens (tertiary/aromatic N) is 1. The summed E-state index contributed by atoms with van der Waals surface area (Å²) in [6.45, 7) is 7.82. The lowest BCUT2D eigenvalue weighted by molar-refractivity contribution is -0.126. The largest absolute Gasteiger partial charge is 0.399 e. The van der Waals surface area contributed by atoms with Crippen molar-refractivity contribution in [2.45, 2.75) is 58.8 Å². The van der Waals surface area contributed by atoms with E-state index in [9.17, 15) is 4.79 Å². The first-order valence-corrected chi connectivity index (χ1v) is 7.46. The van der Waals surface area contributed by atoms with Gasteiger partial charge in [0.05, 0.1) is 6.04 Å². The van der Waals surface area contributed by atoms with Crippen molar-refractivity contribution in [3.63, 3.8) is 0 Å². The molecule has 3 N–H and O–H groups in total. The Bertz CT molecular complexity index is 483. The third kappa shape index (κ3) is 3.12. The van der Waals surface area contributed by atoms with Gasteiger partial charge in [-0.05, 0) is 43.0 Å². The minimum absolute atomic E-state index is 0.107. The van der Waals surface area contributed by atoms with Crippen molar-refractivity contribution in [1.29, 1.82) is 0 Å². The topological polar surface area (TPSA) is 58.4 Å². The Hall–Kier alpha value is -1.55. The van der Waals surface area contributed by atoms with E-state index >= 15 is 0 Å². The molecule has 0 aliphatic carbocycles. The Labute approximate surface area is 121 Å². The molecular formula is C16H25N3O. The van der Waals surface area contributed by atoms with Gasteiger partial charge in [0.2, 0.25) is 5.91 Å². The Morgan fingerprint density at radius 3 is 2.60 bits per heavy atom. The molecule has 1 aromatic carbocycles. The molecule has 0 aromatic heterocycles. The number of nitrogen functional groups attached to an aromatic ring is 1. The second kappa shape index (κ2) is 6.27. The van der Waals surface area contributed by atoms with Crippen LogP contribution in [0.4, 0.5) is 5.69 Å². The minimum Gasteiger partial charge on any atom is -0.399 e. The number of carbonyl (C=O) groups excluding carboxylic acids is 1. The van der Waals surface area contributed by atoms with Gasteiger partial charge in [-0.25, -0.2) is 0 Å². The average molecular weight is 275 g/mol. The SMILES string of the molecule is CCC(CC)NC(=O)C(C)N1Cc2ccc(N)cc2C1. The standard InChI is InChI=1S/C16H25N3O/c1-4-15(5-2)18-16(20)11(3)19-9-12-6-7-14(17)8-13(12)10-19/h6-8,11,15H,4-5,9-10,17H2,1-3H3,(H,18,20). The zero-order chi connectivity index (χ0) is 14.7. The van der Waals surface area contributed by atoms with E-state index in [2.05, 4.69) is 30.1 Å². The van der Waals surface area contributed by atoms with Gasteiger partial charge >= 0.3 is 0 Å². The van der Waals surface area contributed by atoms with Crippen molar-refractivity contribution < 1.29 is 4.79 Å². The fraction of sp³-hybridized carbons (Fsp3) is 0.562. The average Bonchev–Trinajstić information content (AvgIpc) is 2.86. The molecule has 4 nitrogen and oxygen atoms in total. The second-order valence-corrected chi connectivity index (χ2v) is 5.63. The first-order chi connectivity index (χ1) is 9.55. The van der Waals surface area contributed by atoms with Gasteiger partial charge in [0.1, 0.15) is 0 Å². The quantitative estimate of drug-likeness (QED) is 0.811. The summed E-state index contributed by atoms with van der Waals surface area (Å²) in [6, 6.07) is 6.18. The maximum atomic E-state index is 12.3. The summed E-state index contributed by atoms with van der Waals surface area (Å²) in [6.07, 6.45) is 1.96. The van der Waals surface area contributed by atoms with Crippen LogP contribution in [0.1, 0.15) is 44.7 Å². The third-order valence-corrected chi connectivity index (χ3v) is 4.24. The van der Waals surface area contributed by atoms with Crippen molar-refractivity contribution in [2.75, 3.05) is 5.73 Å². The Morgan fingerprint density at radius 2 is 1.95 bits per heavy atom. The molecule has 0 bridgehead atoms. The molecule has 1 aliphatic heterocycles. The van der Waals surface area contributed by atoms with E-state index in [0.29, 0.717) is 0 Å². The van der Waals surface area contributed by atoms with Crippen LogP contribution in [0.25, 0.3) is 0 Å². The normalized spacial score (nSPS) is 16.2.